The highest BCUT2D eigenvalue weighted by atomic mass is 32.2. The van der Waals surface area contributed by atoms with Crippen LogP contribution < -0.4 is 9.46 Å². The van der Waals surface area contributed by atoms with Crippen molar-refractivity contribution in [2.75, 3.05) is 13.7 Å². The maximum Gasteiger partial charge on any atom is 0.338 e. The number of esters is 1. The summed E-state index contributed by atoms with van der Waals surface area (Å²) in [6.07, 6.45) is 0. The maximum atomic E-state index is 12.5. The number of ether oxygens (including phenoxy) is 2. The molecule has 1 aromatic carbocycles. The summed E-state index contributed by atoms with van der Waals surface area (Å²) in [7, 11) is -2.45. The summed E-state index contributed by atoms with van der Waals surface area (Å²) in [6, 6.07) is 4.20. The third kappa shape index (κ3) is 5.84. The quantitative estimate of drug-likeness (QED) is 0.803. The number of rotatable bonds is 6. The molecule has 7 heteroatoms. The van der Waals surface area contributed by atoms with E-state index in [0.29, 0.717) is 0 Å². The normalized spacial score (nSPS) is 12.3. The molecule has 0 amide bonds. The van der Waals surface area contributed by atoms with E-state index in [1.54, 1.807) is 20.8 Å². The third-order valence-electron chi connectivity index (χ3n) is 2.68. The molecule has 0 fully saturated rings. The molecule has 1 aromatic rings. The minimum atomic E-state index is -3.83. The van der Waals surface area contributed by atoms with Crippen LogP contribution in [-0.4, -0.2) is 33.6 Å². The smallest absolute Gasteiger partial charge is 0.338 e. The number of carbonyl (C=O) groups is 1. The van der Waals surface area contributed by atoms with Crippen molar-refractivity contribution in [2.45, 2.75) is 45.1 Å². The van der Waals surface area contributed by atoms with Crippen molar-refractivity contribution in [2.24, 2.45) is 5.92 Å². The van der Waals surface area contributed by atoms with Crippen molar-refractivity contribution < 1.29 is 22.7 Å². The van der Waals surface area contributed by atoms with E-state index in [0.717, 1.165) is 0 Å². The first-order chi connectivity index (χ1) is 10.5. The summed E-state index contributed by atoms with van der Waals surface area (Å²) >= 11 is 0. The van der Waals surface area contributed by atoms with Crippen molar-refractivity contribution >= 4 is 16.0 Å². The van der Waals surface area contributed by atoms with Crippen LogP contribution >= 0.6 is 0 Å². The molecule has 0 aliphatic heterocycles. The lowest BCUT2D eigenvalue weighted by atomic mass is 10.1. The number of sulfonamides is 1. The summed E-state index contributed by atoms with van der Waals surface area (Å²) in [6.45, 7) is 9.31. The van der Waals surface area contributed by atoms with Crippen molar-refractivity contribution in [1.29, 1.82) is 0 Å². The van der Waals surface area contributed by atoms with Crippen LogP contribution in [0.3, 0.4) is 0 Å². The SMILES string of the molecule is COc1ccc(C(=O)OCC(C)C)cc1S(=O)(=O)NC(C)(C)C. The van der Waals surface area contributed by atoms with Crippen LogP contribution in [0.4, 0.5) is 0 Å². The Bertz CT molecular complexity index is 660. The van der Waals surface area contributed by atoms with Crippen LogP contribution in [0.1, 0.15) is 45.0 Å². The van der Waals surface area contributed by atoms with Crippen LogP contribution in [0, 0.1) is 5.92 Å². The highest BCUT2D eigenvalue weighted by molar-refractivity contribution is 7.89. The molecule has 0 aliphatic carbocycles. The Balaban J connectivity index is 3.21. The van der Waals surface area contributed by atoms with Crippen molar-refractivity contribution in [3.63, 3.8) is 0 Å². The average Bonchev–Trinajstić information content (AvgIpc) is 2.41. The Kier molecular flexibility index (Phi) is 6.18. The molecule has 0 radical (unpaired) electrons. The first-order valence-electron chi connectivity index (χ1n) is 7.35. The van der Waals surface area contributed by atoms with Crippen LogP contribution in [0.15, 0.2) is 23.1 Å². The molecule has 0 aliphatic rings. The van der Waals surface area contributed by atoms with Crippen LogP contribution in [0.2, 0.25) is 0 Å². The van der Waals surface area contributed by atoms with Gasteiger partial charge in [-0.3, -0.25) is 0 Å². The van der Waals surface area contributed by atoms with Gasteiger partial charge in [0.15, 0.2) is 0 Å². The lowest BCUT2D eigenvalue weighted by Crippen LogP contribution is -2.40. The molecular weight excluding hydrogens is 318 g/mol. The molecule has 0 unspecified atom stereocenters. The van der Waals surface area contributed by atoms with E-state index in [4.69, 9.17) is 9.47 Å². The Labute approximate surface area is 138 Å². The highest BCUT2D eigenvalue weighted by Crippen LogP contribution is 2.26. The molecule has 0 spiro atoms. The van der Waals surface area contributed by atoms with Gasteiger partial charge in [-0.25, -0.2) is 17.9 Å². The molecule has 1 N–H and O–H groups in total. The lowest BCUT2D eigenvalue weighted by molar-refractivity contribution is 0.0458. The largest absolute Gasteiger partial charge is 0.495 e. The van der Waals surface area contributed by atoms with Gasteiger partial charge in [0.1, 0.15) is 10.6 Å². The fourth-order valence-electron chi connectivity index (χ4n) is 1.80. The Morgan fingerprint density at radius 3 is 2.35 bits per heavy atom. The lowest BCUT2D eigenvalue weighted by Gasteiger charge is -2.21. The Morgan fingerprint density at radius 1 is 1.26 bits per heavy atom. The van der Waals surface area contributed by atoms with E-state index in [2.05, 4.69) is 4.72 Å². The zero-order chi connectivity index (χ0) is 17.8. The first kappa shape index (κ1) is 19.4. The second kappa shape index (κ2) is 7.31. The van der Waals surface area contributed by atoms with Gasteiger partial charge in [0.25, 0.3) is 0 Å². The minimum Gasteiger partial charge on any atom is -0.495 e. The van der Waals surface area contributed by atoms with E-state index in [9.17, 15) is 13.2 Å². The fraction of sp³-hybridized carbons (Fsp3) is 0.562. The van der Waals surface area contributed by atoms with Crippen molar-refractivity contribution in [3.05, 3.63) is 23.8 Å². The number of carbonyl (C=O) groups excluding carboxylic acids is 1. The van der Waals surface area contributed by atoms with Crippen molar-refractivity contribution in [3.8, 4) is 5.75 Å². The van der Waals surface area contributed by atoms with E-state index < -0.39 is 21.5 Å². The zero-order valence-corrected chi connectivity index (χ0v) is 15.3. The van der Waals surface area contributed by atoms with Gasteiger partial charge in [-0.15, -0.1) is 0 Å². The molecule has 0 saturated carbocycles. The topological polar surface area (TPSA) is 81.7 Å². The van der Waals surface area contributed by atoms with Gasteiger partial charge in [-0.2, -0.15) is 0 Å². The van der Waals surface area contributed by atoms with E-state index in [1.165, 1.54) is 25.3 Å². The average molecular weight is 343 g/mol. The predicted octanol–water partition coefficient (Wildman–Crippen LogP) is 2.58. The summed E-state index contributed by atoms with van der Waals surface area (Å²) < 4.78 is 37.8. The number of hydrogen-bond donors (Lipinski definition) is 1. The van der Waals surface area contributed by atoms with Gasteiger partial charge in [0.2, 0.25) is 10.0 Å². The minimum absolute atomic E-state index is 0.0890. The fourth-order valence-corrected chi connectivity index (χ4v) is 3.41. The van der Waals surface area contributed by atoms with Crippen LogP contribution in [0.5, 0.6) is 5.75 Å². The number of nitrogens with one attached hydrogen (secondary N) is 1. The van der Waals surface area contributed by atoms with Gasteiger partial charge in [0, 0.05) is 5.54 Å². The second-order valence-electron chi connectivity index (χ2n) is 6.71. The summed E-state index contributed by atoms with van der Waals surface area (Å²) in [5.41, 5.74) is -0.487. The third-order valence-corrected chi connectivity index (χ3v) is 4.46. The zero-order valence-electron chi connectivity index (χ0n) is 14.5. The summed E-state index contributed by atoms with van der Waals surface area (Å²) in [5, 5.41) is 0. The highest BCUT2D eigenvalue weighted by Gasteiger charge is 2.26. The molecule has 0 atom stereocenters. The molecule has 0 heterocycles. The molecule has 0 aromatic heterocycles. The van der Waals surface area contributed by atoms with Crippen molar-refractivity contribution in [1.82, 2.24) is 4.72 Å². The van der Waals surface area contributed by atoms with E-state index in [-0.39, 0.29) is 28.7 Å². The van der Waals surface area contributed by atoms with Gasteiger partial charge < -0.3 is 9.47 Å². The van der Waals surface area contributed by atoms with Gasteiger partial charge in [-0.05, 0) is 44.9 Å². The van der Waals surface area contributed by atoms with E-state index >= 15 is 0 Å². The van der Waals surface area contributed by atoms with Gasteiger partial charge in [0.05, 0.1) is 19.3 Å². The Hall–Kier alpha value is -1.60. The molecule has 130 valence electrons. The molecule has 1 rings (SSSR count). The van der Waals surface area contributed by atoms with E-state index in [1.807, 2.05) is 13.8 Å². The Morgan fingerprint density at radius 2 is 1.87 bits per heavy atom. The number of hydrogen-bond acceptors (Lipinski definition) is 5. The van der Waals surface area contributed by atoms with Crippen LogP contribution in [0.25, 0.3) is 0 Å². The first-order valence-corrected chi connectivity index (χ1v) is 8.84. The number of methoxy groups -OCH3 is 1. The summed E-state index contributed by atoms with van der Waals surface area (Å²) in [4.78, 5) is 11.9. The van der Waals surface area contributed by atoms with Gasteiger partial charge >= 0.3 is 5.97 Å². The predicted molar refractivity (Wildman–Crippen MR) is 88.2 cm³/mol. The molecular formula is C16H25NO5S. The molecule has 0 saturated heterocycles. The summed E-state index contributed by atoms with van der Waals surface area (Å²) in [5.74, 6) is -0.196. The molecule has 23 heavy (non-hydrogen) atoms. The molecule has 0 bridgehead atoms. The number of benzene rings is 1. The second-order valence-corrected chi connectivity index (χ2v) is 8.36. The maximum absolute atomic E-state index is 12.5. The van der Waals surface area contributed by atoms with Crippen LogP contribution in [-0.2, 0) is 14.8 Å². The monoisotopic (exact) mass is 343 g/mol. The molecule has 6 nitrogen and oxygen atoms in total. The van der Waals surface area contributed by atoms with Gasteiger partial charge in [-0.1, -0.05) is 13.8 Å². The standard InChI is InChI=1S/C16H25NO5S/c1-11(2)10-22-15(18)12-7-8-13(21-6)14(9-12)23(19,20)17-16(3,4)5/h7-9,11,17H,10H2,1-6H3.